The Bertz CT molecular complexity index is 731. The first kappa shape index (κ1) is 14.3. The molecule has 2 aromatic rings. The molecule has 0 atom stereocenters. The zero-order valence-corrected chi connectivity index (χ0v) is 12.7. The second kappa shape index (κ2) is 5.60. The van der Waals surface area contributed by atoms with Crippen molar-refractivity contribution < 1.29 is 8.42 Å². The minimum absolute atomic E-state index is 0.396. The molecule has 21 heavy (non-hydrogen) atoms. The molecule has 3 rings (SSSR count). The summed E-state index contributed by atoms with van der Waals surface area (Å²) in [6.45, 7) is 1.44. The van der Waals surface area contributed by atoms with Gasteiger partial charge in [-0.1, -0.05) is 42.5 Å². The fourth-order valence-electron chi connectivity index (χ4n) is 2.70. The molecule has 0 fully saturated rings. The zero-order chi connectivity index (χ0) is 14.9. The smallest absolute Gasteiger partial charge is 0.244 e. The van der Waals surface area contributed by atoms with Crippen molar-refractivity contribution in [2.24, 2.45) is 0 Å². The van der Waals surface area contributed by atoms with Gasteiger partial charge in [-0.2, -0.15) is 4.31 Å². The molecule has 0 bridgehead atoms. The minimum atomic E-state index is -3.47. The first-order chi connectivity index (χ1) is 10.1. The molecular formula is C16H18N2O2S. The average molecular weight is 302 g/mol. The summed E-state index contributed by atoms with van der Waals surface area (Å²) in [5, 5.41) is 3.02. The monoisotopic (exact) mass is 302 g/mol. The lowest BCUT2D eigenvalue weighted by Gasteiger charge is -2.18. The lowest BCUT2D eigenvalue weighted by atomic mass is 10.1. The summed E-state index contributed by atoms with van der Waals surface area (Å²) < 4.78 is 27.3. The van der Waals surface area contributed by atoms with E-state index in [1.54, 1.807) is 16.4 Å². The van der Waals surface area contributed by atoms with Crippen molar-refractivity contribution in [2.75, 3.05) is 7.05 Å². The van der Waals surface area contributed by atoms with Crippen LogP contribution in [0.1, 0.15) is 16.7 Å². The maximum Gasteiger partial charge on any atom is 0.244 e. The largest absolute Gasteiger partial charge is 0.316 e. The fourth-order valence-corrected chi connectivity index (χ4v) is 4.32. The van der Waals surface area contributed by atoms with Gasteiger partial charge in [0.05, 0.1) is 4.90 Å². The molecule has 4 nitrogen and oxygen atoms in total. The van der Waals surface area contributed by atoms with Crippen LogP contribution in [0.4, 0.5) is 0 Å². The van der Waals surface area contributed by atoms with Crippen LogP contribution in [-0.2, 0) is 29.7 Å². The Morgan fingerprint density at radius 1 is 1.00 bits per heavy atom. The number of rotatable bonds is 4. The summed E-state index contributed by atoms with van der Waals surface area (Å²) in [5.41, 5.74) is 2.98. The van der Waals surface area contributed by atoms with Crippen LogP contribution < -0.4 is 5.32 Å². The molecule has 0 aliphatic carbocycles. The number of nitrogens with zero attached hydrogens (tertiary/aromatic N) is 1. The van der Waals surface area contributed by atoms with E-state index < -0.39 is 10.0 Å². The third-order valence-corrected chi connectivity index (χ3v) is 5.66. The SMILES string of the molecule is CNCc1ccccc1S(=O)(=O)N1Cc2ccccc2C1. The molecule has 0 saturated heterocycles. The molecule has 0 saturated carbocycles. The summed E-state index contributed by atoms with van der Waals surface area (Å²) in [5.74, 6) is 0. The topological polar surface area (TPSA) is 49.4 Å². The highest BCUT2D eigenvalue weighted by molar-refractivity contribution is 7.89. The molecule has 0 amide bonds. The van der Waals surface area contributed by atoms with Crippen molar-refractivity contribution in [3.63, 3.8) is 0 Å². The van der Waals surface area contributed by atoms with Crippen molar-refractivity contribution in [3.8, 4) is 0 Å². The Morgan fingerprint density at radius 3 is 2.19 bits per heavy atom. The third-order valence-electron chi connectivity index (χ3n) is 3.77. The summed E-state index contributed by atoms with van der Waals surface area (Å²) in [6.07, 6.45) is 0. The highest BCUT2D eigenvalue weighted by atomic mass is 32.2. The zero-order valence-electron chi connectivity index (χ0n) is 11.9. The lowest BCUT2D eigenvalue weighted by molar-refractivity contribution is 0.431. The van der Waals surface area contributed by atoms with Crippen molar-refractivity contribution in [1.29, 1.82) is 0 Å². The van der Waals surface area contributed by atoms with E-state index in [2.05, 4.69) is 5.32 Å². The predicted octanol–water partition coefficient (Wildman–Crippen LogP) is 2.11. The number of benzene rings is 2. The van der Waals surface area contributed by atoms with Gasteiger partial charge in [-0.05, 0) is 29.8 Å². The van der Waals surface area contributed by atoms with E-state index in [9.17, 15) is 8.42 Å². The molecule has 0 aromatic heterocycles. The minimum Gasteiger partial charge on any atom is -0.316 e. The maximum absolute atomic E-state index is 12.9. The van der Waals surface area contributed by atoms with Crippen LogP contribution in [0.3, 0.4) is 0 Å². The Hall–Kier alpha value is -1.69. The van der Waals surface area contributed by atoms with Crippen molar-refractivity contribution in [3.05, 3.63) is 65.2 Å². The van der Waals surface area contributed by atoms with Gasteiger partial charge >= 0.3 is 0 Å². The van der Waals surface area contributed by atoms with E-state index in [0.29, 0.717) is 24.5 Å². The van der Waals surface area contributed by atoms with Crippen LogP contribution in [-0.4, -0.2) is 19.8 Å². The summed E-state index contributed by atoms with van der Waals surface area (Å²) in [4.78, 5) is 0.396. The quantitative estimate of drug-likeness (QED) is 0.941. The van der Waals surface area contributed by atoms with Crippen LogP contribution in [0.5, 0.6) is 0 Å². The van der Waals surface area contributed by atoms with E-state index >= 15 is 0 Å². The van der Waals surface area contributed by atoms with Crippen LogP contribution in [0.25, 0.3) is 0 Å². The Morgan fingerprint density at radius 2 is 1.57 bits per heavy atom. The number of hydrogen-bond acceptors (Lipinski definition) is 3. The maximum atomic E-state index is 12.9. The number of nitrogens with one attached hydrogen (secondary N) is 1. The van der Waals surface area contributed by atoms with Gasteiger partial charge in [0.15, 0.2) is 0 Å². The van der Waals surface area contributed by atoms with Gasteiger partial charge in [-0.25, -0.2) is 8.42 Å². The standard InChI is InChI=1S/C16H18N2O2S/c1-17-10-13-6-4-5-9-16(13)21(19,20)18-11-14-7-2-3-8-15(14)12-18/h2-9,17H,10-12H2,1H3. The number of sulfonamides is 1. The normalized spacial score (nSPS) is 15.1. The molecule has 1 N–H and O–H groups in total. The second-order valence-corrected chi connectivity index (χ2v) is 7.09. The van der Waals surface area contributed by atoms with Gasteiger partial charge in [-0.15, -0.1) is 0 Å². The van der Waals surface area contributed by atoms with Gasteiger partial charge < -0.3 is 5.32 Å². The van der Waals surface area contributed by atoms with Gasteiger partial charge in [0.1, 0.15) is 0 Å². The summed E-state index contributed by atoms with van der Waals surface area (Å²) in [7, 11) is -1.65. The Balaban J connectivity index is 1.96. The van der Waals surface area contributed by atoms with Crippen molar-refractivity contribution >= 4 is 10.0 Å². The molecule has 0 spiro atoms. The summed E-state index contributed by atoms with van der Waals surface area (Å²) in [6, 6.07) is 15.1. The lowest BCUT2D eigenvalue weighted by Crippen LogP contribution is -2.27. The van der Waals surface area contributed by atoms with Gasteiger partial charge in [0.2, 0.25) is 10.0 Å². The molecule has 0 unspecified atom stereocenters. The average Bonchev–Trinajstić information content (AvgIpc) is 2.93. The van der Waals surface area contributed by atoms with Gasteiger partial charge in [0.25, 0.3) is 0 Å². The molecule has 1 aliphatic rings. The molecule has 2 aromatic carbocycles. The predicted molar refractivity (Wildman–Crippen MR) is 82.1 cm³/mol. The molecular weight excluding hydrogens is 284 g/mol. The molecule has 1 heterocycles. The van der Waals surface area contributed by atoms with Crippen molar-refractivity contribution in [1.82, 2.24) is 9.62 Å². The van der Waals surface area contributed by atoms with Crippen LogP contribution in [0.2, 0.25) is 0 Å². The van der Waals surface area contributed by atoms with Crippen LogP contribution in [0, 0.1) is 0 Å². The highest BCUT2D eigenvalue weighted by Gasteiger charge is 2.31. The van der Waals surface area contributed by atoms with E-state index in [1.165, 1.54) is 0 Å². The number of fused-ring (bicyclic) bond motifs is 1. The van der Waals surface area contributed by atoms with E-state index in [0.717, 1.165) is 16.7 Å². The number of hydrogen-bond donors (Lipinski definition) is 1. The van der Waals surface area contributed by atoms with Gasteiger partial charge in [-0.3, -0.25) is 0 Å². The first-order valence-electron chi connectivity index (χ1n) is 6.92. The highest BCUT2D eigenvalue weighted by Crippen LogP contribution is 2.29. The summed E-state index contributed by atoms with van der Waals surface area (Å²) >= 11 is 0. The van der Waals surface area contributed by atoms with E-state index in [-0.39, 0.29) is 0 Å². The Labute approximate surface area is 125 Å². The second-order valence-electron chi connectivity index (χ2n) is 5.18. The van der Waals surface area contributed by atoms with Gasteiger partial charge in [0, 0.05) is 19.6 Å². The molecule has 1 aliphatic heterocycles. The van der Waals surface area contributed by atoms with Crippen LogP contribution >= 0.6 is 0 Å². The first-order valence-corrected chi connectivity index (χ1v) is 8.36. The third kappa shape index (κ3) is 2.60. The van der Waals surface area contributed by atoms with E-state index in [1.807, 2.05) is 43.4 Å². The molecule has 110 valence electrons. The van der Waals surface area contributed by atoms with E-state index in [4.69, 9.17) is 0 Å². The Kier molecular flexibility index (Phi) is 3.80. The molecule has 5 heteroatoms. The van der Waals surface area contributed by atoms with Crippen LogP contribution in [0.15, 0.2) is 53.4 Å². The fraction of sp³-hybridized carbons (Fsp3) is 0.250. The molecule has 0 radical (unpaired) electrons. The van der Waals surface area contributed by atoms with Crippen molar-refractivity contribution in [2.45, 2.75) is 24.5 Å².